The van der Waals surface area contributed by atoms with Crippen molar-refractivity contribution in [1.82, 2.24) is 4.90 Å². The quantitative estimate of drug-likeness (QED) is 0.166. The summed E-state index contributed by atoms with van der Waals surface area (Å²) in [7, 11) is 1.60. The number of aliphatic hydroxyl groups excluding tert-OH is 1. The molecule has 0 spiro atoms. The van der Waals surface area contributed by atoms with Crippen molar-refractivity contribution in [3.05, 3.63) is 107 Å². The summed E-state index contributed by atoms with van der Waals surface area (Å²) in [5, 5.41) is 27.0. The lowest BCUT2D eigenvalue weighted by atomic mass is 9.64. The molecule has 1 saturated carbocycles. The normalized spacial score (nSPS) is 26.8. The van der Waals surface area contributed by atoms with Crippen LogP contribution in [0.4, 0.5) is 10.5 Å². The summed E-state index contributed by atoms with van der Waals surface area (Å²) in [5.74, 6) is 0.428. The van der Waals surface area contributed by atoms with Crippen LogP contribution in [0.25, 0.3) is 0 Å². The van der Waals surface area contributed by atoms with E-state index in [2.05, 4.69) is 25.2 Å². The Bertz CT molecular complexity index is 1670. The van der Waals surface area contributed by atoms with Crippen molar-refractivity contribution in [3.8, 4) is 5.75 Å². The van der Waals surface area contributed by atoms with Crippen LogP contribution in [0.5, 0.6) is 5.75 Å². The van der Waals surface area contributed by atoms with Gasteiger partial charge in [-0.3, -0.25) is 4.79 Å². The van der Waals surface area contributed by atoms with E-state index in [0.717, 1.165) is 36.8 Å². The monoisotopic (exact) mass is 680 g/mol. The number of nitrogens with zero attached hydrogens (tertiary/aromatic N) is 1. The molecule has 3 aliphatic carbocycles. The van der Waals surface area contributed by atoms with Crippen molar-refractivity contribution in [3.63, 3.8) is 0 Å². The molecule has 3 aromatic rings. The number of methoxy groups -OCH3 is 1. The maximum atomic E-state index is 14.4. The zero-order chi connectivity index (χ0) is 35.3. The Morgan fingerprint density at radius 2 is 1.80 bits per heavy atom. The maximum absolute atomic E-state index is 14.4. The van der Waals surface area contributed by atoms with Gasteiger partial charge in [0.25, 0.3) is 0 Å². The Morgan fingerprint density at radius 3 is 2.52 bits per heavy atom. The van der Waals surface area contributed by atoms with E-state index in [1.165, 1.54) is 5.57 Å². The molecule has 1 aliphatic heterocycles. The third-order valence-corrected chi connectivity index (χ3v) is 11.5. The van der Waals surface area contributed by atoms with Gasteiger partial charge in [0.2, 0.25) is 0 Å². The van der Waals surface area contributed by atoms with Gasteiger partial charge in [0.15, 0.2) is 5.78 Å². The molecule has 1 heterocycles. The zero-order valence-electron chi connectivity index (χ0n) is 29.7. The molecule has 50 heavy (non-hydrogen) atoms. The number of ether oxygens (including phenoxy) is 2. The number of anilines is 1. The SMILES string of the molecule is COc1ccc(C(=O)c2cc3ccc2C2CCC(O)(CN(CC4CCCO4)C(=O)Nc4ccccc4)C2(C)CCC=C(C)CCC(O)C3)cc1. The predicted molar refractivity (Wildman–Crippen MR) is 196 cm³/mol. The molecule has 8 nitrogen and oxygen atoms in total. The van der Waals surface area contributed by atoms with Crippen LogP contribution in [0.2, 0.25) is 0 Å². The van der Waals surface area contributed by atoms with Gasteiger partial charge in [-0.15, -0.1) is 0 Å². The minimum absolute atomic E-state index is 0.0867. The first-order valence-electron chi connectivity index (χ1n) is 18.2. The molecule has 266 valence electrons. The average Bonchev–Trinajstić information content (AvgIpc) is 3.72. The fourth-order valence-corrected chi connectivity index (χ4v) is 8.39. The third-order valence-electron chi connectivity index (χ3n) is 11.5. The third kappa shape index (κ3) is 7.83. The molecule has 0 radical (unpaired) electrons. The Balaban J connectivity index is 1.40. The van der Waals surface area contributed by atoms with Gasteiger partial charge in [-0.1, -0.05) is 48.9 Å². The Kier molecular flexibility index (Phi) is 11.1. The van der Waals surface area contributed by atoms with Crippen molar-refractivity contribution in [1.29, 1.82) is 0 Å². The summed E-state index contributed by atoms with van der Waals surface area (Å²) in [6.07, 6.45) is 7.85. The molecule has 5 unspecified atom stereocenters. The van der Waals surface area contributed by atoms with Crippen LogP contribution in [-0.4, -0.2) is 71.5 Å². The molecule has 7 rings (SSSR count). The molecule has 2 bridgehead atoms. The van der Waals surface area contributed by atoms with Gasteiger partial charge in [0.1, 0.15) is 5.75 Å². The number of hydrogen-bond donors (Lipinski definition) is 3. The number of hydrogen-bond acceptors (Lipinski definition) is 6. The molecular formula is C42H52N2O6. The summed E-state index contributed by atoms with van der Waals surface area (Å²) in [6.45, 7) is 5.47. The van der Waals surface area contributed by atoms with E-state index in [0.29, 0.717) is 67.8 Å². The number of fused-ring (bicyclic) bond motifs is 8. The van der Waals surface area contributed by atoms with Gasteiger partial charge in [-0.05, 0) is 124 Å². The number of urea groups is 1. The molecule has 1 saturated heterocycles. The van der Waals surface area contributed by atoms with Crippen LogP contribution in [-0.2, 0) is 11.2 Å². The predicted octanol–water partition coefficient (Wildman–Crippen LogP) is 7.68. The first kappa shape index (κ1) is 35.8. The van der Waals surface area contributed by atoms with E-state index in [1.54, 1.807) is 36.3 Å². The van der Waals surface area contributed by atoms with Gasteiger partial charge < -0.3 is 29.9 Å². The number of ketones is 1. The highest BCUT2D eigenvalue weighted by Crippen LogP contribution is 2.59. The van der Waals surface area contributed by atoms with Crippen LogP contribution < -0.4 is 10.1 Å². The number of amides is 2. The number of para-hydroxylation sites is 1. The lowest BCUT2D eigenvalue weighted by molar-refractivity contribution is -0.0799. The second-order valence-corrected chi connectivity index (χ2v) is 14.8. The van der Waals surface area contributed by atoms with E-state index in [4.69, 9.17) is 9.47 Å². The first-order chi connectivity index (χ1) is 24.1. The summed E-state index contributed by atoms with van der Waals surface area (Å²) in [6, 6.07) is 22.3. The number of rotatable bonds is 8. The first-order valence-corrected chi connectivity index (χ1v) is 18.2. The second-order valence-electron chi connectivity index (χ2n) is 14.8. The van der Waals surface area contributed by atoms with Crippen LogP contribution in [0.3, 0.4) is 0 Å². The summed E-state index contributed by atoms with van der Waals surface area (Å²) < 4.78 is 11.3. The lowest BCUT2D eigenvalue weighted by Crippen LogP contribution is -2.55. The van der Waals surface area contributed by atoms with Gasteiger partial charge in [-0.2, -0.15) is 0 Å². The molecule has 8 heteroatoms. The minimum atomic E-state index is -1.24. The Hall–Kier alpha value is -3.98. The Morgan fingerprint density at radius 1 is 1.02 bits per heavy atom. The van der Waals surface area contributed by atoms with Crippen LogP contribution in [0.15, 0.2) is 84.4 Å². The summed E-state index contributed by atoms with van der Waals surface area (Å²) in [5.41, 5.74) is 2.97. The highest BCUT2D eigenvalue weighted by Gasteiger charge is 2.57. The standard InChI is InChI=1S/C42H52N2O6/c1-29-9-7-22-41(2)38(21-23-42(41,48)28-44(27-35-12-8-24-50-35)40(47)43-32-10-5-4-6-11-32)36-20-14-30(25-33(45)17-13-29)26-37(36)39(46)31-15-18-34(49-3)19-16-31/h4-6,9-11,14-16,18-20,26,33,35,38,45,48H,7-8,12-13,17,21-25,27-28H2,1-3H3,(H,43,47). The van der Waals surface area contributed by atoms with Crippen molar-refractivity contribution < 1.29 is 29.3 Å². The second kappa shape index (κ2) is 15.5. The smallest absolute Gasteiger partial charge is 0.322 e. The van der Waals surface area contributed by atoms with E-state index in [1.807, 2.05) is 48.5 Å². The molecule has 5 atom stereocenters. The van der Waals surface area contributed by atoms with Crippen molar-refractivity contribution in [2.45, 2.75) is 95.4 Å². The number of aliphatic hydroxyl groups is 2. The molecule has 2 fully saturated rings. The van der Waals surface area contributed by atoms with Crippen LogP contribution >= 0.6 is 0 Å². The highest BCUT2D eigenvalue weighted by atomic mass is 16.5. The molecule has 0 aromatic heterocycles. The number of benzene rings is 3. The Labute approximate surface area is 296 Å². The fraction of sp³-hybridized carbons (Fsp3) is 0.476. The molecule has 2 amide bonds. The number of carbonyl (C=O) groups is 2. The molecule has 3 aromatic carbocycles. The zero-order valence-corrected chi connectivity index (χ0v) is 29.7. The maximum Gasteiger partial charge on any atom is 0.322 e. The number of allylic oxidation sites excluding steroid dienone is 2. The number of nitrogens with one attached hydrogen (secondary N) is 1. The van der Waals surface area contributed by atoms with E-state index in [-0.39, 0.29) is 30.4 Å². The summed E-state index contributed by atoms with van der Waals surface area (Å²) in [4.78, 5) is 30.1. The van der Waals surface area contributed by atoms with Gasteiger partial charge in [0, 0.05) is 35.4 Å². The lowest BCUT2D eigenvalue weighted by Gasteiger charge is -2.46. The molecular weight excluding hydrogens is 628 g/mol. The molecule has 4 aliphatic rings. The molecule has 3 N–H and O–H groups in total. The van der Waals surface area contributed by atoms with Crippen molar-refractivity contribution in [2.75, 3.05) is 32.1 Å². The highest BCUT2D eigenvalue weighted by molar-refractivity contribution is 6.10. The fourth-order valence-electron chi connectivity index (χ4n) is 8.39. The van der Waals surface area contributed by atoms with Crippen molar-refractivity contribution in [2.24, 2.45) is 5.41 Å². The topological polar surface area (TPSA) is 108 Å². The van der Waals surface area contributed by atoms with Crippen LogP contribution in [0, 0.1) is 5.41 Å². The average molecular weight is 681 g/mol. The van der Waals surface area contributed by atoms with Gasteiger partial charge in [-0.25, -0.2) is 4.79 Å². The minimum Gasteiger partial charge on any atom is -0.497 e. The van der Waals surface area contributed by atoms with Crippen LogP contribution in [0.1, 0.15) is 98.2 Å². The van der Waals surface area contributed by atoms with E-state index >= 15 is 0 Å². The van der Waals surface area contributed by atoms with Gasteiger partial charge >= 0.3 is 6.03 Å². The summed E-state index contributed by atoms with van der Waals surface area (Å²) >= 11 is 0. The largest absolute Gasteiger partial charge is 0.497 e. The number of carbonyl (C=O) groups excluding carboxylic acids is 2. The van der Waals surface area contributed by atoms with E-state index < -0.39 is 17.1 Å². The van der Waals surface area contributed by atoms with Crippen molar-refractivity contribution >= 4 is 17.5 Å². The van der Waals surface area contributed by atoms with Gasteiger partial charge in [0.05, 0.1) is 31.5 Å². The van der Waals surface area contributed by atoms with E-state index in [9.17, 15) is 19.8 Å².